The van der Waals surface area contributed by atoms with E-state index in [2.05, 4.69) is 26.7 Å². The summed E-state index contributed by atoms with van der Waals surface area (Å²) in [5.41, 5.74) is 2.36. The molecule has 2 atom stereocenters. The molecule has 10 heteroatoms. The summed E-state index contributed by atoms with van der Waals surface area (Å²) in [6.07, 6.45) is 4.82. The Bertz CT molecular complexity index is 1100. The first-order valence-corrected chi connectivity index (χ1v) is 9.96. The number of rotatable bonds is 8. The predicted molar refractivity (Wildman–Crippen MR) is 114 cm³/mol. The molecule has 0 amide bonds. The Morgan fingerprint density at radius 1 is 1.23 bits per heavy atom. The van der Waals surface area contributed by atoms with Crippen LogP contribution in [0.1, 0.15) is 23.6 Å². The van der Waals surface area contributed by atoms with Crippen molar-refractivity contribution < 1.29 is 4.74 Å². The number of nitrogens with zero attached hydrogens (tertiary/aromatic N) is 7. The van der Waals surface area contributed by atoms with E-state index in [1.165, 1.54) is 4.68 Å². The van der Waals surface area contributed by atoms with Crippen molar-refractivity contribution in [2.75, 3.05) is 30.9 Å². The minimum Gasteiger partial charge on any atom is -0.476 e. The molecule has 3 heterocycles. The fourth-order valence-corrected chi connectivity index (χ4v) is 3.76. The zero-order valence-corrected chi connectivity index (χ0v) is 18.0. The lowest BCUT2D eigenvalue weighted by Gasteiger charge is -2.16. The van der Waals surface area contributed by atoms with E-state index in [1.807, 2.05) is 48.7 Å². The molecule has 0 radical (unpaired) electrons. The molecule has 1 saturated carbocycles. The SMILES string of the molecule is CN(C)c1c(CNc2cc(OCC3CC3c3ccn(C)n3)nn(C)c2=O)cnn1C. The van der Waals surface area contributed by atoms with Crippen LogP contribution in [0.25, 0.3) is 0 Å². The smallest absolute Gasteiger partial charge is 0.290 e. The van der Waals surface area contributed by atoms with Gasteiger partial charge in [0.2, 0.25) is 5.88 Å². The van der Waals surface area contributed by atoms with E-state index in [0.29, 0.717) is 36.6 Å². The maximum absolute atomic E-state index is 12.5. The fourth-order valence-electron chi connectivity index (χ4n) is 3.76. The molecular formula is C20H28N8O2. The summed E-state index contributed by atoms with van der Waals surface area (Å²) in [6, 6.07) is 3.73. The monoisotopic (exact) mass is 412 g/mol. The molecule has 1 N–H and O–H groups in total. The number of nitrogens with one attached hydrogen (secondary N) is 1. The molecule has 0 spiro atoms. The molecule has 1 aliphatic carbocycles. The lowest BCUT2D eigenvalue weighted by Crippen LogP contribution is -2.24. The second-order valence-corrected chi connectivity index (χ2v) is 8.02. The highest BCUT2D eigenvalue weighted by molar-refractivity contribution is 5.49. The first-order valence-electron chi connectivity index (χ1n) is 9.96. The van der Waals surface area contributed by atoms with E-state index >= 15 is 0 Å². The van der Waals surface area contributed by atoms with Crippen LogP contribution < -0.4 is 20.5 Å². The molecule has 160 valence electrons. The number of ether oxygens (including phenoxy) is 1. The lowest BCUT2D eigenvalue weighted by molar-refractivity contribution is 0.278. The van der Waals surface area contributed by atoms with Gasteiger partial charge in [0.1, 0.15) is 11.5 Å². The van der Waals surface area contributed by atoms with Crippen molar-refractivity contribution in [2.45, 2.75) is 18.9 Å². The van der Waals surface area contributed by atoms with Crippen LogP contribution in [0.2, 0.25) is 0 Å². The Balaban J connectivity index is 1.41. The van der Waals surface area contributed by atoms with Crippen molar-refractivity contribution in [3.63, 3.8) is 0 Å². The third kappa shape index (κ3) is 4.03. The largest absolute Gasteiger partial charge is 0.476 e. The van der Waals surface area contributed by atoms with Gasteiger partial charge >= 0.3 is 0 Å². The van der Waals surface area contributed by atoms with Crippen molar-refractivity contribution in [3.8, 4) is 5.88 Å². The number of hydrogen-bond donors (Lipinski definition) is 1. The summed E-state index contributed by atoms with van der Waals surface area (Å²) in [5, 5.41) is 16.2. The molecular weight excluding hydrogens is 384 g/mol. The normalized spacial score (nSPS) is 17.8. The van der Waals surface area contributed by atoms with E-state index in [0.717, 1.165) is 23.5 Å². The van der Waals surface area contributed by atoms with Crippen LogP contribution in [-0.4, -0.2) is 50.0 Å². The van der Waals surface area contributed by atoms with Gasteiger partial charge in [0.25, 0.3) is 5.56 Å². The van der Waals surface area contributed by atoms with Gasteiger partial charge in [0, 0.05) is 71.4 Å². The quantitative estimate of drug-likeness (QED) is 0.592. The summed E-state index contributed by atoms with van der Waals surface area (Å²) in [5.74, 6) is 2.28. The average molecular weight is 412 g/mol. The number of aryl methyl sites for hydroxylation is 3. The van der Waals surface area contributed by atoms with Crippen LogP contribution in [-0.2, 0) is 27.7 Å². The Morgan fingerprint density at radius 3 is 2.73 bits per heavy atom. The van der Waals surface area contributed by atoms with Gasteiger partial charge in [-0.15, -0.1) is 5.10 Å². The minimum atomic E-state index is -0.199. The van der Waals surface area contributed by atoms with Crippen molar-refractivity contribution in [1.29, 1.82) is 0 Å². The maximum atomic E-state index is 12.5. The molecule has 3 aromatic rings. The van der Waals surface area contributed by atoms with Crippen molar-refractivity contribution >= 4 is 11.5 Å². The topological polar surface area (TPSA) is 95.0 Å². The highest BCUT2D eigenvalue weighted by atomic mass is 16.5. The third-order valence-electron chi connectivity index (χ3n) is 5.40. The number of aromatic nitrogens is 6. The Labute approximate surface area is 175 Å². The molecule has 0 bridgehead atoms. The van der Waals surface area contributed by atoms with E-state index in [9.17, 15) is 4.79 Å². The summed E-state index contributed by atoms with van der Waals surface area (Å²) in [6.45, 7) is 1.03. The van der Waals surface area contributed by atoms with Crippen LogP contribution in [0, 0.1) is 5.92 Å². The van der Waals surface area contributed by atoms with Crippen molar-refractivity contribution in [3.05, 3.63) is 46.1 Å². The third-order valence-corrected chi connectivity index (χ3v) is 5.40. The molecule has 0 saturated heterocycles. The van der Waals surface area contributed by atoms with Crippen LogP contribution >= 0.6 is 0 Å². The van der Waals surface area contributed by atoms with Crippen molar-refractivity contribution in [1.82, 2.24) is 29.3 Å². The molecule has 3 aromatic heterocycles. The van der Waals surface area contributed by atoms with Gasteiger partial charge < -0.3 is 15.0 Å². The zero-order chi connectivity index (χ0) is 21.4. The number of anilines is 2. The second kappa shape index (κ2) is 7.85. The molecule has 4 rings (SSSR count). The lowest BCUT2D eigenvalue weighted by atomic mass is 10.2. The van der Waals surface area contributed by atoms with Gasteiger partial charge in [-0.2, -0.15) is 10.2 Å². The van der Waals surface area contributed by atoms with Gasteiger partial charge in [-0.3, -0.25) is 14.2 Å². The van der Waals surface area contributed by atoms with E-state index in [1.54, 1.807) is 19.3 Å². The molecule has 0 aliphatic heterocycles. The average Bonchev–Trinajstić information content (AvgIpc) is 3.18. The van der Waals surface area contributed by atoms with E-state index in [4.69, 9.17) is 4.74 Å². The zero-order valence-electron chi connectivity index (χ0n) is 18.0. The predicted octanol–water partition coefficient (Wildman–Crippen LogP) is 1.11. The Hall–Kier alpha value is -3.30. The fraction of sp³-hybridized carbons (Fsp3) is 0.500. The first kappa shape index (κ1) is 20.0. The van der Waals surface area contributed by atoms with Crippen LogP contribution in [0.15, 0.2) is 29.3 Å². The van der Waals surface area contributed by atoms with Gasteiger partial charge in [-0.05, 0) is 12.5 Å². The number of hydrogen-bond acceptors (Lipinski definition) is 7. The van der Waals surface area contributed by atoms with E-state index in [-0.39, 0.29) is 5.56 Å². The standard InChI is InChI=1S/C20H28N8O2/c1-25(2)19-14(11-22-27(19)4)10-21-17-9-18(24-28(5)20(17)29)30-12-13-8-15(13)16-6-7-26(3)23-16/h6-7,9,11,13,15,21H,8,10,12H2,1-5H3. The van der Waals surface area contributed by atoms with Crippen LogP contribution in [0.3, 0.4) is 0 Å². The van der Waals surface area contributed by atoms with E-state index < -0.39 is 0 Å². The molecule has 0 aromatic carbocycles. The minimum absolute atomic E-state index is 0.199. The Morgan fingerprint density at radius 2 is 2.03 bits per heavy atom. The molecule has 30 heavy (non-hydrogen) atoms. The highest BCUT2D eigenvalue weighted by Crippen LogP contribution is 2.46. The van der Waals surface area contributed by atoms with Crippen LogP contribution in [0.5, 0.6) is 5.88 Å². The molecule has 1 fully saturated rings. The van der Waals surface area contributed by atoms with Gasteiger partial charge in [-0.1, -0.05) is 0 Å². The first-order chi connectivity index (χ1) is 14.3. The molecule has 1 aliphatic rings. The summed E-state index contributed by atoms with van der Waals surface area (Å²) in [4.78, 5) is 14.5. The van der Waals surface area contributed by atoms with Crippen molar-refractivity contribution in [2.24, 2.45) is 27.1 Å². The summed E-state index contributed by atoms with van der Waals surface area (Å²) >= 11 is 0. The van der Waals surface area contributed by atoms with Gasteiger partial charge in [-0.25, -0.2) is 4.68 Å². The van der Waals surface area contributed by atoms with Crippen LogP contribution in [0.4, 0.5) is 11.5 Å². The Kier molecular flexibility index (Phi) is 5.23. The highest BCUT2D eigenvalue weighted by Gasteiger charge is 2.40. The van der Waals surface area contributed by atoms with Gasteiger partial charge in [0.05, 0.1) is 18.5 Å². The molecule has 10 nitrogen and oxygen atoms in total. The second-order valence-electron chi connectivity index (χ2n) is 8.02. The summed E-state index contributed by atoms with van der Waals surface area (Å²) < 4.78 is 10.8. The molecule has 2 unspecified atom stereocenters. The maximum Gasteiger partial charge on any atom is 0.290 e. The summed E-state index contributed by atoms with van der Waals surface area (Å²) in [7, 11) is 9.38. The van der Waals surface area contributed by atoms with Gasteiger partial charge in [0.15, 0.2) is 0 Å².